The molecular formula is C18H21ClN4O3. The van der Waals surface area contributed by atoms with Crippen molar-refractivity contribution in [1.29, 1.82) is 0 Å². The molecule has 0 bridgehead atoms. The predicted molar refractivity (Wildman–Crippen MR) is 101 cm³/mol. The van der Waals surface area contributed by atoms with Crippen molar-refractivity contribution in [1.82, 2.24) is 15.2 Å². The van der Waals surface area contributed by atoms with E-state index in [1.54, 1.807) is 13.0 Å². The van der Waals surface area contributed by atoms with Crippen LogP contribution in [0.3, 0.4) is 0 Å². The SMILES string of the molecule is CC(=O)N1CCN(c2nc3c(Cl)cccc3cc2CCNC(=O)O)CC1. The van der Waals surface area contributed by atoms with Crippen LogP contribution in [0.15, 0.2) is 24.3 Å². The molecule has 0 saturated carbocycles. The van der Waals surface area contributed by atoms with Gasteiger partial charge in [-0.1, -0.05) is 23.7 Å². The van der Waals surface area contributed by atoms with E-state index in [0.29, 0.717) is 44.2 Å². The zero-order chi connectivity index (χ0) is 18.7. The minimum atomic E-state index is -1.04. The lowest BCUT2D eigenvalue weighted by Crippen LogP contribution is -2.48. The van der Waals surface area contributed by atoms with Gasteiger partial charge in [0.05, 0.1) is 10.5 Å². The van der Waals surface area contributed by atoms with Gasteiger partial charge in [-0.2, -0.15) is 0 Å². The molecule has 0 atom stereocenters. The van der Waals surface area contributed by atoms with Crippen molar-refractivity contribution < 1.29 is 14.7 Å². The number of carbonyl (C=O) groups is 2. The fraction of sp³-hybridized carbons (Fsp3) is 0.389. The molecule has 8 heteroatoms. The Balaban J connectivity index is 1.91. The number of piperazine rings is 1. The number of rotatable bonds is 4. The van der Waals surface area contributed by atoms with Crippen molar-refractivity contribution >= 4 is 40.3 Å². The van der Waals surface area contributed by atoms with Crippen LogP contribution in [0.2, 0.25) is 5.02 Å². The maximum Gasteiger partial charge on any atom is 0.404 e. The molecule has 1 saturated heterocycles. The van der Waals surface area contributed by atoms with E-state index < -0.39 is 6.09 Å². The van der Waals surface area contributed by atoms with Crippen LogP contribution >= 0.6 is 11.6 Å². The van der Waals surface area contributed by atoms with Crippen molar-refractivity contribution in [2.45, 2.75) is 13.3 Å². The fourth-order valence-corrected chi connectivity index (χ4v) is 3.42. The highest BCUT2D eigenvalue weighted by molar-refractivity contribution is 6.35. The number of fused-ring (bicyclic) bond motifs is 1. The minimum absolute atomic E-state index is 0.0741. The Kier molecular flexibility index (Phi) is 5.46. The van der Waals surface area contributed by atoms with Gasteiger partial charge in [0, 0.05) is 45.0 Å². The van der Waals surface area contributed by atoms with Crippen molar-refractivity contribution in [3.63, 3.8) is 0 Å². The number of nitrogens with one attached hydrogen (secondary N) is 1. The van der Waals surface area contributed by atoms with Crippen molar-refractivity contribution in [3.8, 4) is 0 Å². The molecular weight excluding hydrogens is 356 g/mol. The topological polar surface area (TPSA) is 85.8 Å². The summed E-state index contributed by atoms with van der Waals surface area (Å²) in [4.78, 5) is 31.0. The number of hydrogen-bond acceptors (Lipinski definition) is 4. The van der Waals surface area contributed by atoms with E-state index in [1.165, 1.54) is 0 Å². The first-order valence-electron chi connectivity index (χ1n) is 8.51. The van der Waals surface area contributed by atoms with Gasteiger partial charge in [-0.25, -0.2) is 9.78 Å². The number of para-hydroxylation sites is 1. The van der Waals surface area contributed by atoms with E-state index in [1.807, 2.05) is 23.1 Å². The third-order valence-corrected chi connectivity index (χ3v) is 4.85. The summed E-state index contributed by atoms with van der Waals surface area (Å²) in [5.74, 6) is 0.881. The van der Waals surface area contributed by atoms with Gasteiger partial charge < -0.3 is 20.2 Å². The molecule has 1 aliphatic heterocycles. The van der Waals surface area contributed by atoms with Gasteiger partial charge in [0.1, 0.15) is 5.82 Å². The number of amides is 2. The first-order valence-corrected chi connectivity index (χ1v) is 8.89. The molecule has 0 aliphatic carbocycles. The van der Waals surface area contributed by atoms with Gasteiger partial charge in [0.25, 0.3) is 0 Å². The lowest BCUT2D eigenvalue weighted by molar-refractivity contribution is -0.129. The lowest BCUT2D eigenvalue weighted by atomic mass is 10.1. The Hall–Kier alpha value is -2.54. The van der Waals surface area contributed by atoms with Crippen LogP contribution in [0.4, 0.5) is 10.6 Å². The van der Waals surface area contributed by atoms with E-state index in [-0.39, 0.29) is 5.91 Å². The smallest absolute Gasteiger partial charge is 0.404 e. The normalized spacial score (nSPS) is 14.5. The molecule has 2 amide bonds. The molecule has 1 aliphatic rings. The number of aromatic nitrogens is 1. The van der Waals surface area contributed by atoms with Gasteiger partial charge in [-0.3, -0.25) is 4.79 Å². The Morgan fingerprint density at radius 1 is 1.27 bits per heavy atom. The second-order valence-electron chi connectivity index (χ2n) is 6.26. The third kappa shape index (κ3) is 3.99. The standard InChI is InChI=1S/C18H21ClN4O3/c1-12(24)22-7-9-23(10-8-22)17-14(5-6-20-18(25)26)11-13-3-2-4-15(19)16(13)21-17/h2-4,11,20H,5-10H2,1H3,(H,25,26). The summed E-state index contributed by atoms with van der Waals surface area (Å²) in [7, 11) is 0. The van der Waals surface area contributed by atoms with E-state index in [4.69, 9.17) is 21.7 Å². The van der Waals surface area contributed by atoms with Crippen LogP contribution in [-0.4, -0.2) is 59.7 Å². The Morgan fingerprint density at radius 2 is 2.00 bits per heavy atom. The second kappa shape index (κ2) is 7.78. The summed E-state index contributed by atoms with van der Waals surface area (Å²) in [6.45, 7) is 4.54. The van der Waals surface area contributed by atoms with Crippen LogP contribution in [0.5, 0.6) is 0 Å². The van der Waals surface area contributed by atoms with Crippen LogP contribution < -0.4 is 10.2 Å². The molecule has 2 aromatic rings. The number of carbonyl (C=O) groups excluding carboxylic acids is 1. The van der Waals surface area contributed by atoms with Crippen LogP contribution in [0.25, 0.3) is 10.9 Å². The number of carboxylic acid groups (broad SMARTS) is 1. The molecule has 26 heavy (non-hydrogen) atoms. The van der Waals surface area contributed by atoms with Gasteiger partial charge in [0.15, 0.2) is 0 Å². The minimum Gasteiger partial charge on any atom is -0.465 e. The van der Waals surface area contributed by atoms with E-state index in [9.17, 15) is 9.59 Å². The van der Waals surface area contributed by atoms with Crippen LogP contribution in [0, 0.1) is 0 Å². The van der Waals surface area contributed by atoms with E-state index >= 15 is 0 Å². The molecule has 1 aromatic carbocycles. The number of benzene rings is 1. The molecule has 0 unspecified atom stereocenters. The number of nitrogens with zero attached hydrogens (tertiary/aromatic N) is 3. The summed E-state index contributed by atoms with van der Waals surface area (Å²) in [5.41, 5.74) is 1.69. The molecule has 2 N–H and O–H groups in total. The molecule has 1 fully saturated rings. The van der Waals surface area contributed by atoms with E-state index in [2.05, 4.69) is 10.2 Å². The monoisotopic (exact) mass is 376 g/mol. The highest BCUT2D eigenvalue weighted by Gasteiger charge is 2.22. The number of hydrogen-bond donors (Lipinski definition) is 2. The highest BCUT2D eigenvalue weighted by Crippen LogP contribution is 2.29. The predicted octanol–water partition coefficient (Wildman–Crippen LogP) is 2.37. The number of pyridine rings is 1. The maximum atomic E-state index is 11.5. The van der Waals surface area contributed by atoms with Crippen molar-refractivity contribution in [3.05, 3.63) is 34.9 Å². The van der Waals surface area contributed by atoms with Crippen LogP contribution in [-0.2, 0) is 11.2 Å². The molecule has 138 valence electrons. The Labute approximate surface area is 156 Å². The molecule has 3 rings (SSSR count). The highest BCUT2D eigenvalue weighted by atomic mass is 35.5. The second-order valence-corrected chi connectivity index (χ2v) is 6.66. The van der Waals surface area contributed by atoms with Crippen molar-refractivity contribution in [2.24, 2.45) is 0 Å². The quantitative estimate of drug-likeness (QED) is 0.855. The van der Waals surface area contributed by atoms with Gasteiger partial charge in [-0.15, -0.1) is 0 Å². The average molecular weight is 377 g/mol. The third-order valence-electron chi connectivity index (χ3n) is 4.55. The molecule has 1 aromatic heterocycles. The Bertz CT molecular complexity index is 835. The maximum absolute atomic E-state index is 11.5. The molecule has 0 spiro atoms. The van der Waals surface area contributed by atoms with E-state index in [0.717, 1.165) is 22.3 Å². The zero-order valence-electron chi connectivity index (χ0n) is 14.5. The summed E-state index contributed by atoms with van der Waals surface area (Å²) in [6, 6.07) is 7.64. The average Bonchev–Trinajstić information content (AvgIpc) is 2.61. The summed E-state index contributed by atoms with van der Waals surface area (Å²) in [5, 5.41) is 12.7. The fourth-order valence-electron chi connectivity index (χ4n) is 3.19. The largest absolute Gasteiger partial charge is 0.465 e. The summed E-state index contributed by atoms with van der Waals surface area (Å²) in [6.07, 6.45) is -0.511. The first-order chi connectivity index (χ1) is 12.5. The summed E-state index contributed by atoms with van der Waals surface area (Å²) >= 11 is 6.31. The molecule has 2 heterocycles. The van der Waals surface area contributed by atoms with Gasteiger partial charge in [-0.05, 0) is 24.1 Å². The summed E-state index contributed by atoms with van der Waals surface area (Å²) < 4.78 is 0. The Morgan fingerprint density at radius 3 is 2.65 bits per heavy atom. The van der Waals surface area contributed by atoms with Gasteiger partial charge >= 0.3 is 6.09 Å². The molecule has 7 nitrogen and oxygen atoms in total. The van der Waals surface area contributed by atoms with Crippen molar-refractivity contribution in [2.75, 3.05) is 37.6 Å². The molecule has 0 radical (unpaired) electrons. The zero-order valence-corrected chi connectivity index (χ0v) is 15.3. The number of anilines is 1. The lowest BCUT2D eigenvalue weighted by Gasteiger charge is -2.36. The van der Waals surface area contributed by atoms with Gasteiger partial charge in [0.2, 0.25) is 5.91 Å². The number of halogens is 1. The first kappa shape index (κ1) is 18.3. The van der Waals surface area contributed by atoms with Crippen LogP contribution in [0.1, 0.15) is 12.5 Å².